The van der Waals surface area contributed by atoms with Gasteiger partial charge in [0.05, 0.1) is 30.9 Å². The van der Waals surface area contributed by atoms with Crippen molar-refractivity contribution in [2.45, 2.75) is 19.3 Å². The maximum absolute atomic E-state index is 14.0. The number of ether oxygens (including phenoxy) is 2. The summed E-state index contributed by atoms with van der Waals surface area (Å²) in [6.45, 7) is 3.34. The number of aromatic carboxylic acids is 1. The maximum Gasteiger partial charge on any atom is 0.335 e. The lowest BCUT2D eigenvalue weighted by Crippen LogP contribution is -2.35. The van der Waals surface area contributed by atoms with Crippen LogP contribution in [0.25, 0.3) is 0 Å². The van der Waals surface area contributed by atoms with E-state index in [1.165, 1.54) is 14.2 Å². The first-order chi connectivity index (χ1) is 12.2. The molecule has 0 radical (unpaired) electrons. The second kappa shape index (κ2) is 7.43. The molecule has 1 amide bonds. The number of benzene rings is 2. The highest BCUT2D eigenvalue weighted by Crippen LogP contribution is 2.34. The van der Waals surface area contributed by atoms with Crippen molar-refractivity contribution in [1.82, 2.24) is 0 Å². The Kier molecular flexibility index (Phi) is 5.50. The number of amides is 1. The Balaban J connectivity index is 2.34. The highest BCUT2D eigenvalue weighted by molar-refractivity contribution is 5.99. The van der Waals surface area contributed by atoms with E-state index in [2.05, 4.69) is 5.32 Å². The molecule has 0 aliphatic heterocycles. The van der Waals surface area contributed by atoms with E-state index in [9.17, 15) is 14.0 Å². The number of carbonyl (C=O) groups is 2. The summed E-state index contributed by atoms with van der Waals surface area (Å²) >= 11 is 0. The molecule has 2 aromatic carbocycles. The van der Waals surface area contributed by atoms with Crippen molar-refractivity contribution in [3.8, 4) is 11.5 Å². The van der Waals surface area contributed by atoms with Crippen molar-refractivity contribution in [3.05, 3.63) is 53.3 Å². The third-order valence-electron chi connectivity index (χ3n) is 4.13. The Labute approximate surface area is 150 Å². The number of carboxylic acid groups (broad SMARTS) is 1. The fourth-order valence-electron chi connectivity index (χ4n) is 2.39. The second-order valence-corrected chi connectivity index (χ2v) is 6.15. The van der Waals surface area contributed by atoms with Crippen LogP contribution in [0.5, 0.6) is 11.5 Å². The van der Waals surface area contributed by atoms with Crippen molar-refractivity contribution in [2.24, 2.45) is 0 Å². The number of carboxylic acids is 1. The van der Waals surface area contributed by atoms with E-state index in [1.54, 1.807) is 32.0 Å². The minimum absolute atomic E-state index is 0.120. The summed E-state index contributed by atoms with van der Waals surface area (Å²) in [5.41, 5.74) is -0.720. The van der Waals surface area contributed by atoms with Gasteiger partial charge >= 0.3 is 5.97 Å². The van der Waals surface area contributed by atoms with E-state index >= 15 is 0 Å². The van der Waals surface area contributed by atoms with Crippen LogP contribution in [-0.2, 0) is 10.2 Å². The molecule has 2 aromatic rings. The molecule has 2 rings (SSSR count). The molecular formula is C19H20FNO5. The lowest BCUT2D eigenvalue weighted by Gasteiger charge is -2.25. The molecule has 0 heterocycles. The summed E-state index contributed by atoms with van der Waals surface area (Å²) in [5, 5.41) is 11.5. The smallest absolute Gasteiger partial charge is 0.335 e. The molecule has 138 valence electrons. The van der Waals surface area contributed by atoms with E-state index in [-0.39, 0.29) is 11.3 Å². The molecule has 0 bridgehead atoms. The van der Waals surface area contributed by atoms with E-state index in [1.807, 2.05) is 0 Å². The van der Waals surface area contributed by atoms with Crippen LogP contribution in [0.3, 0.4) is 0 Å². The Morgan fingerprint density at radius 3 is 2.27 bits per heavy atom. The van der Waals surface area contributed by atoms with E-state index in [4.69, 9.17) is 14.6 Å². The summed E-state index contributed by atoms with van der Waals surface area (Å²) in [7, 11) is 3.00. The lowest BCUT2D eigenvalue weighted by atomic mass is 9.83. The number of carbonyl (C=O) groups excluding carboxylic acids is 1. The first-order valence-corrected chi connectivity index (χ1v) is 7.77. The first kappa shape index (κ1) is 19.2. The topological polar surface area (TPSA) is 84.9 Å². The Morgan fingerprint density at radius 2 is 1.69 bits per heavy atom. The largest absolute Gasteiger partial charge is 0.493 e. The molecule has 0 spiro atoms. The summed E-state index contributed by atoms with van der Waals surface area (Å²) in [4.78, 5) is 23.8. The average molecular weight is 361 g/mol. The molecule has 7 heteroatoms. The van der Waals surface area contributed by atoms with Gasteiger partial charge in [0.1, 0.15) is 5.82 Å². The zero-order valence-electron chi connectivity index (χ0n) is 14.9. The van der Waals surface area contributed by atoms with E-state index in [0.29, 0.717) is 17.1 Å². The third kappa shape index (κ3) is 3.77. The van der Waals surface area contributed by atoms with Crippen LogP contribution in [-0.4, -0.2) is 31.2 Å². The Bertz CT molecular complexity index is 848. The van der Waals surface area contributed by atoms with Gasteiger partial charge in [0.15, 0.2) is 11.5 Å². The minimum atomic E-state index is -1.21. The number of hydrogen-bond acceptors (Lipinski definition) is 4. The van der Waals surface area contributed by atoms with Crippen LogP contribution >= 0.6 is 0 Å². The monoisotopic (exact) mass is 361 g/mol. The summed E-state index contributed by atoms with van der Waals surface area (Å²) in [6.07, 6.45) is 0. The van der Waals surface area contributed by atoms with Crippen LogP contribution < -0.4 is 14.8 Å². The fourth-order valence-corrected chi connectivity index (χ4v) is 2.39. The van der Waals surface area contributed by atoms with Crippen LogP contribution in [0, 0.1) is 5.82 Å². The van der Waals surface area contributed by atoms with Gasteiger partial charge in [-0.25, -0.2) is 9.18 Å². The maximum atomic E-state index is 14.0. The Morgan fingerprint density at radius 1 is 1.04 bits per heavy atom. The van der Waals surface area contributed by atoms with Gasteiger partial charge in [-0.3, -0.25) is 4.79 Å². The standard InChI is InChI=1S/C19H20FNO5/c1-19(2,12-6-8-15(25-3)16(10-12)26-4)18(24)21-14-9-11(17(22)23)5-7-13(14)20/h5-10H,1-4H3,(H,21,24)(H,22,23). The molecule has 2 N–H and O–H groups in total. The molecule has 0 aliphatic carbocycles. The van der Waals surface area contributed by atoms with E-state index in [0.717, 1.165) is 18.2 Å². The van der Waals surface area contributed by atoms with Crippen LogP contribution in [0.4, 0.5) is 10.1 Å². The van der Waals surface area contributed by atoms with Crippen molar-refractivity contribution in [2.75, 3.05) is 19.5 Å². The first-order valence-electron chi connectivity index (χ1n) is 7.77. The number of anilines is 1. The molecule has 26 heavy (non-hydrogen) atoms. The van der Waals surface area contributed by atoms with Crippen molar-refractivity contribution >= 4 is 17.6 Å². The van der Waals surface area contributed by atoms with Gasteiger partial charge in [0, 0.05) is 0 Å². The SMILES string of the molecule is COc1ccc(C(C)(C)C(=O)Nc2cc(C(=O)O)ccc2F)cc1OC. The van der Waals surface area contributed by atoms with Gasteiger partial charge in [-0.15, -0.1) is 0 Å². The summed E-state index contributed by atoms with van der Waals surface area (Å²) in [6, 6.07) is 8.28. The molecular weight excluding hydrogens is 341 g/mol. The van der Waals surface area contributed by atoms with Gasteiger partial charge in [0.2, 0.25) is 5.91 Å². The minimum Gasteiger partial charge on any atom is -0.493 e. The third-order valence-corrected chi connectivity index (χ3v) is 4.13. The number of methoxy groups -OCH3 is 2. The highest BCUT2D eigenvalue weighted by atomic mass is 19.1. The molecule has 0 aliphatic rings. The van der Waals surface area contributed by atoms with Crippen molar-refractivity contribution in [3.63, 3.8) is 0 Å². The van der Waals surface area contributed by atoms with Crippen LogP contribution in [0.15, 0.2) is 36.4 Å². The van der Waals surface area contributed by atoms with Gasteiger partial charge < -0.3 is 19.9 Å². The summed E-state index contributed by atoms with van der Waals surface area (Å²) < 4.78 is 24.4. The van der Waals surface area contributed by atoms with Crippen molar-refractivity contribution < 1.29 is 28.6 Å². The fraction of sp³-hybridized carbons (Fsp3) is 0.263. The van der Waals surface area contributed by atoms with Crippen molar-refractivity contribution in [1.29, 1.82) is 0 Å². The number of hydrogen-bond donors (Lipinski definition) is 2. The average Bonchev–Trinajstić information content (AvgIpc) is 2.62. The molecule has 0 fully saturated rings. The second-order valence-electron chi connectivity index (χ2n) is 6.15. The molecule has 0 aromatic heterocycles. The van der Waals surface area contributed by atoms with Gasteiger partial charge in [-0.1, -0.05) is 6.07 Å². The molecule has 6 nitrogen and oxygen atoms in total. The Hall–Kier alpha value is -3.09. The van der Waals surface area contributed by atoms with Gasteiger partial charge in [-0.2, -0.15) is 0 Å². The summed E-state index contributed by atoms with van der Waals surface area (Å²) in [5.74, 6) is -1.44. The van der Waals surface area contributed by atoms with Crippen LogP contribution in [0.1, 0.15) is 29.8 Å². The number of halogens is 1. The zero-order chi connectivity index (χ0) is 19.5. The molecule has 0 saturated carbocycles. The number of rotatable bonds is 6. The van der Waals surface area contributed by atoms with Gasteiger partial charge in [0.25, 0.3) is 0 Å². The lowest BCUT2D eigenvalue weighted by molar-refractivity contribution is -0.120. The van der Waals surface area contributed by atoms with Crippen LogP contribution in [0.2, 0.25) is 0 Å². The molecule has 0 saturated heterocycles. The normalized spacial score (nSPS) is 11.0. The highest BCUT2D eigenvalue weighted by Gasteiger charge is 2.31. The molecule has 0 atom stereocenters. The predicted molar refractivity (Wildman–Crippen MR) is 94.6 cm³/mol. The quantitative estimate of drug-likeness (QED) is 0.823. The van der Waals surface area contributed by atoms with E-state index < -0.39 is 23.1 Å². The molecule has 0 unspecified atom stereocenters. The van der Waals surface area contributed by atoms with Gasteiger partial charge in [-0.05, 0) is 49.7 Å². The number of nitrogens with one attached hydrogen (secondary N) is 1. The zero-order valence-corrected chi connectivity index (χ0v) is 14.9. The predicted octanol–water partition coefficient (Wildman–Crippen LogP) is 3.46.